The van der Waals surface area contributed by atoms with Crippen molar-refractivity contribution < 1.29 is 66.8 Å². The number of aliphatic hydroxyl groups is 2. The lowest BCUT2D eigenvalue weighted by molar-refractivity contribution is -0.235. The van der Waals surface area contributed by atoms with Crippen LogP contribution < -0.4 is 21.3 Å². The topological polar surface area (TPSA) is 276 Å². The zero-order chi connectivity index (χ0) is 53.8. The van der Waals surface area contributed by atoms with Crippen molar-refractivity contribution in [2.45, 2.75) is 120 Å². The molecule has 7 N–H and O–H groups in total. The molecule has 9 rings (SSSR count). The number of ether oxygens (including phenoxy) is 2. The maximum atomic E-state index is 17.8. The number of Topliss-reactive ketones (excluding diaryl/α,β-unsaturated/α-hetero) is 1. The average molecular weight is 1040 g/mol. The van der Waals surface area contributed by atoms with E-state index in [1.807, 2.05) is 18.2 Å². The number of hydrogen-bond acceptors (Lipinski definition) is 13. The predicted molar refractivity (Wildman–Crippen MR) is 262 cm³/mol. The summed E-state index contributed by atoms with van der Waals surface area (Å²) in [4.78, 5) is 111. The third-order valence-corrected chi connectivity index (χ3v) is 16.4. The molecule has 21 heteroatoms. The van der Waals surface area contributed by atoms with Crippen molar-refractivity contribution in [1.29, 1.82) is 0 Å². The van der Waals surface area contributed by atoms with E-state index in [0.717, 1.165) is 34.3 Å². The number of nitrogens with zero attached hydrogens (tertiary/aromatic N) is 2. The number of anilines is 1. The van der Waals surface area contributed by atoms with E-state index < -0.39 is 130 Å². The number of fused-ring (bicyclic) bond motifs is 7. The van der Waals surface area contributed by atoms with Crippen LogP contribution >= 0.6 is 0 Å². The number of imide groups is 1. The average Bonchev–Trinajstić information content (AvgIpc) is 4.16. The van der Waals surface area contributed by atoms with Crippen LogP contribution in [-0.4, -0.2) is 133 Å². The Morgan fingerprint density at radius 1 is 0.907 bits per heavy atom. The number of aromatic nitrogens is 2. The lowest BCUT2D eigenvalue weighted by Gasteiger charge is -2.63. The largest absolute Gasteiger partial charge is 0.390 e. The van der Waals surface area contributed by atoms with Gasteiger partial charge in [-0.2, -0.15) is 0 Å². The normalized spacial score (nSPS) is 31.5. The molecule has 3 aromatic rings. The summed E-state index contributed by atoms with van der Waals surface area (Å²) in [5, 5.41) is 32.7. The quantitative estimate of drug-likeness (QED) is 0.0960. The molecule has 1 saturated heterocycles. The molecule has 6 amide bonds. The zero-order valence-electron chi connectivity index (χ0n) is 41.6. The van der Waals surface area contributed by atoms with Gasteiger partial charge in [0.2, 0.25) is 23.6 Å². The number of hydrogen-bond donors (Lipinski definition) is 7. The molecule has 75 heavy (non-hydrogen) atoms. The van der Waals surface area contributed by atoms with Crippen LogP contribution in [0.25, 0.3) is 0 Å². The van der Waals surface area contributed by atoms with Crippen LogP contribution in [0, 0.1) is 22.7 Å². The summed E-state index contributed by atoms with van der Waals surface area (Å²) in [5.74, 6) is -6.57. The maximum Gasteiger partial charge on any atom is 0.253 e. The summed E-state index contributed by atoms with van der Waals surface area (Å²) in [6.45, 7) is 5.01. The molecule has 396 valence electrons. The first-order valence-electron chi connectivity index (χ1n) is 25.0. The second-order valence-corrected chi connectivity index (χ2v) is 20.9. The van der Waals surface area contributed by atoms with E-state index >= 15 is 8.78 Å². The van der Waals surface area contributed by atoms with E-state index in [-0.39, 0.29) is 44.2 Å². The first-order valence-corrected chi connectivity index (χ1v) is 25.0. The van der Waals surface area contributed by atoms with Crippen molar-refractivity contribution in [1.82, 2.24) is 30.8 Å². The Morgan fingerprint density at radius 2 is 1.61 bits per heavy atom. The Balaban J connectivity index is 0.795. The molecule has 6 aliphatic rings. The van der Waals surface area contributed by atoms with Crippen LogP contribution in [0.4, 0.5) is 14.5 Å². The third kappa shape index (κ3) is 9.33. The number of rotatable bonds is 17. The molecular weight excluding hydrogens is 977 g/mol. The SMILES string of the molecule is C[C@H](NC(=O)[C@H](C)NC(=O)[C@H](Cc1c[nH]cn1)NC(=O)CCN1C(=O)C=CC1=O)C(=O)Nc1cccc(Cc2ccc(C3O[C@@H]4C[C@H]5[C@@H]6C[C@H](F)C7=CC(=O)C=C[C@]7(C)[C@@]6(F)[C@@H](O)C[C@]5(C)[C@]4(C(=O)CO)O3)cc2)c1. The predicted octanol–water partition coefficient (Wildman–Crippen LogP) is 2.63. The van der Waals surface area contributed by atoms with Crippen LogP contribution in [-0.2, 0) is 60.7 Å². The molecule has 3 saturated carbocycles. The number of aromatic amines is 1. The molecule has 13 atom stereocenters. The van der Waals surface area contributed by atoms with Gasteiger partial charge in [0.05, 0.1) is 24.2 Å². The van der Waals surface area contributed by atoms with E-state index in [1.165, 1.54) is 45.4 Å². The Kier molecular flexibility index (Phi) is 14.2. The molecule has 2 aliphatic heterocycles. The molecule has 1 aromatic heterocycles. The minimum Gasteiger partial charge on any atom is -0.390 e. The fraction of sp³-hybridized carbons (Fsp3) is 0.463. The first-order chi connectivity index (χ1) is 35.6. The lowest BCUT2D eigenvalue weighted by Crippen LogP contribution is -2.70. The van der Waals surface area contributed by atoms with Gasteiger partial charge in [0.1, 0.15) is 30.9 Å². The van der Waals surface area contributed by atoms with Crippen LogP contribution in [0.2, 0.25) is 0 Å². The number of H-pyrrole nitrogens is 1. The van der Waals surface area contributed by atoms with Gasteiger partial charge < -0.3 is 45.9 Å². The van der Waals surface area contributed by atoms with Gasteiger partial charge in [0.25, 0.3) is 11.8 Å². The highest BCUT2D eigenvalue weighted by atomic mass is 19.1. The van der Waals surface area contributed by atoms with E-state index in [0.29, 0.717) is 23.4 Å². The summed E-state index contributed by atoms with van der Waals surface area (Å²) in [5.41, 5.74) is -3.93. The first kappa shape index (κ1) is 52.8. The lowest BCUT2D eigenvalue weighted by atomic mass is 9.44. The minimum absolute atomic E-state index is 0.0110. The Labute approximate surface area is 430 Å². The summed E-state index contributed by atoms with van der Waals surface area (Å²) < 4.78 is 46.9. The van der Waals surface area contributed by atoms with Crippen LogP contribution in [0.15, 0.2) is 97.0 Å². The number of imidazole rings is 1. The monoisotopic (exact) mass is 1040 g/mol. The molecule has 4 aliphatic carbocycles. The van der Waals surface area contributed by atoms with Crippen molar-refractivity contribution in [2.24, 2.45) is 22.7 Å². The summed E-state index contributed by atoms with van der Waals surface area (Å²) in [6, 6.07) is 10.9. The number of carbonyl (C=O) groups is 8. The van der Waals surface area contributed by atoms with Gasteiger partial charge in [-0.1, -0.05) is 49.4 Å². The molecule has 0 bridgehead atoms. The van der Waals surface area contributed by atoms with E-state index in [1.54, 1.807) is 37.3 Å². The maximum absolute atomic E-state index is 17.8. The third-order valence-electron chi connectivity index (χ3n) is 16.4. The van der Waals surface area contributed by atoms with Gasteiger partial charge in [-0.05, 0) is 93.4 Å². The highest BCUT2D eigenvalue weighted by molar-refractivity contribution is 6.13. The number of benzene rings is 2. The number of nitrogens with one attached hydrogen (secondary N) is 5. The van der Waals surface area contributed by atoms with Gasteiger partial charge in [0.15, 0.2) is 29.1 Å². The van der Waals surface area contributed by atoms with Gasteiger partial charge in [-0.25, -0.2) is 13.8 Å². The van der Waals surface area contributed by atoms with Crippen molar-refractivity contribution in [2.75, 3.05) is 18.5 Å². The van der Waals surface area contributed by atoms with Crippen LogP contribution in [0.1, 0.15) is 82.1 Å². The van der Waals surface area contributed by atoms with Crippen LogP contribution in [0.3, 0.4) is 0 Å². The molecule has 19 nitrogen and oxygen atoms in total. The molecule has 0 spiro atoms. The van der Waals surface area contributed by atoms with E-state index in [9.17, 15) is 48.6 Å². The highest BCUT2D eigenvalue weighted by Gasteiger charge is 2.80. The number of ketones is 2. The van der Waals surface area contributed by atoms with Gasteiger partial charge in [-0.15, -0.1) is 0 Å². The summed E-state index contributed by atoms with van der Waals surface area (Å²) in [6.07, 6.45) is 3.09. The molecular formula is C54H59F2N7O12. The Bertz CT molecular complexity index is 2890. The van der Waals surface area contributed by atoms with Gasteiger partial charge in [-0.3, -0.25) is 43.3 Å². The number of amides is 6. The number of aliphatic hydroxyl groups excluding tert-OH is 2. The standard InChI is InChI=1S/C54H59F2N7O12/c1-28(60-49(73)40(20-34-25-57-27-58-34)62-44(68)15-17-63-45(69)12-13-46(63)70)47(71)59-29(2)48(72)61-33-7-5-6-31(19-33)18-30-8-10-32(11-9-30)50-74-43-23-36-37-22-39(55)38-21-35(65)14-16-51(38,3)53(37,56)41(66)24-52(36,4)54(43,75-50)42(67)26-64/h5-14,16,19,21,25,27-29,36-37,39-41,43,50,64,66H,15,17-18,20,22-24,26H2,1-4H3,(H,57,58)(H,59,71)(H,60,73)(H,61,72)(H,62,68)/t28-,29-,36-,37-,39-,40-,41-,43+,50?,51-,52-,53-,54+/m0/s1. The molecule has 3 heterocycles. The van der Waals surface area contributed by atoms with E-state index in [2.05, 4.69) is 31.2 Å². The highest BCUT2D eigenvalue weighted by Crippen LogP contribution is 2.72. The second-order valence-electron chi connectivity index (χ2n) is 20.9. The second kappa shape index (κ2) is 20.2. The molecule has 4 fully saturated rings. The van der Waals surface area contributed by atoms with Crippen LogP contribution in [0.5, 0.6) is 0 Å². The Morgan fingerprint density at radius 3 is 2.31 bits per heavy atom. The number of allylic oxidation sites excluding steroid dienone is 4. The molecule has 1 unspecified atom stereocenters. The molecule has 2 aromatic carbocycles. The summed E-state index contributed by atoms with van der Waals surface area (Å²) >= 11 is 0. The van der Waals surface area contributed by atoms with Crippen molar-refractivity contribution in [3.05, 3.63) is 119 Å². The molecule has 0 radical (unpaired) electrons. The number of alkyl halides is 2. The smallest absolute Gasteiger partial charge is 0.253 e. The number of carbonyl (C=O) groups excluding carboxylic acids is 8. The van der Waals surface area contributed by atoms with Crippen molar-refractivity contribution >= 4 is 52.7 Å². The van der Waals surface area contributed by atoms with Gasteiger partial charge >= 0.3 is 0 Å². The fourth-order valence-electron chi connectivity index (χ4n) is 12.5. The van der Waals surface area contributed by atoms with Gasteiger partial charge in [0, 0.05) is 65.7 Å². The van der Waals surface area contributed by atoms with E-state index in [4.69, 9.17) is 9.47 Å². The van der Waals surface area contributed by atoms with Crippen molar-refractivity contribution in [3.63, 3.8) is 0 Å². The Hall–Kier alpha value is -7.07. The summed E-state index contributed by atoms with van der Waals surface area (Å²) in [7, 11) is 0. The minimum atomic E-state index is -2.37. The zero-order valence-corrected chi connectivity index (χ0v) is 41.6. The fourth-order valence-corrected chi connectivity index (χ4v) is 12.5. The van der Waals surface area contributed by atoms with Crippen molar-refractivity contribution in [3.8, 4) is 0 Å². The number of halogens is 2.